The molecule has 1 fully saturated rings. The second kappa shape index (κ2) is 9.32. The standard InChI is InChI=1S/C22H30FN3O2/c1-22(2,3)28-21-14-24-13-18(25-21)10-12-26-11-6-7-17(15-26)16-27-20-9-5-4-8-19(20)23/h4-5,8-9,13-14,17H,6-7,10-12,15-16H2,1-3H3. The van der Waals surface area contributed by atoms with Crippen LogP contribution in [-0.4, -0.2) is 46.7 Å². The summed E-state index contributed by atoms with van der Waals surface area (Å²) in [5.41, 5.74) is 0.650. The quantitative estimate of drug-likeness (QED) is 0.715. The Balaban J connectivity index is 1.47. The minimum atomic E-state index is -0.300. The van der Waals surface area contributed by atoms with Gasteiger partial charge in [0.15, 0.2) is 11.6 Å². The number of para-hydroxylation sites is 1. The van der Waals surface area contributed by atoms with E-state index in [4.69, 9.17) is 9.47 Å². The molecule has 1 atom stereocenters. The Kier molecular flexibility index (Phi) is 6.83. The van der Waals surface area contributed by atoms with E-state index in [1.54, 1.807) is 30.6 Å². The number of rotatable bonds is 7. The van der Waals surface area contributed by atoms with Crippen LogP contribution in [0.25, 0.3) is 0 Å². The van der Waals surface area contributed by atoms with Gasteiger partial charge < -0.3 is 14.4 Å². The van der Waals surface area contributed by atoms with Crippen LogP contribution >= 0.6 is 0 Å². The summed E-state index contributed by atoms with van der Waals surface area (Å²) in [7, 11) is 0. The number of halogens is 1. The van der Waals surface area contributed by atoms with Crippen molar-refractivity contribution in [2.45, 2.75) is 45.6 Å². The number of hydrogen-bond acceptors (Lipinski definition) is 5. The Morgan fingerprint density at radius 1 is 1.21 bits per heavy atom. The first-order valence-electron chi connectivity index (χ1n) is 9.99. The van der Waals surface area contributed by atoms with Crippen molar-refractivity contribution in [3.8, 4) is 11.6 Å². The van der Waals surface area contributed by atoms with Crippen LogP contribution in [0.4, 0.5) is 4.39 Å². The average Bonchev–Trinajstić information content (AvgIpc) is 2.65. The molecule has 1 unspecified atom stereocenters. The molecule has 1 aliphatic heterocycles. The molecule has 5 nitrogen and oxygen atoms in total. The highest BCUT2D eigenvalue weighted by atomic mass is 19.1. The Morgan fingerprint density at radius 2 is 2.04 bits per heavy atom. The van der Waals surface area contributed by atoms with Gasteiger partial charge in [-0.1, -0.05) is 12.1 Å². The number of ether oxygens (including phenoxy) is 2. The highest BCUT2D eigenvalue weighted by Crippen LogP contribution is 2.21. The number of benzene rings is 1. The normalized spacial score (nSPS) is 18.1. The molecular weight excluding hydrogens is 357 g/mol. The average molecular weight is 387 g/mol. The van der Waals surface area contributed by atoms with E-state index in [1.807, 2.05) is 20.8 Å². The lowest BCUT2D eigenvalue weighted by atomic mass is 9.98. The van der Waals surface area contributed by atoms with Crippen LogP contribution < -0.4 is 9.47 Å². The molecular formula is C22H30FN3O2. The fourth-order valence-electron chi connectivity index (χ4n) is 3.40. The highest BCUT2D eigenvalue weighted by Gasteiger charge is 2.21. The van der Waals surface area contributed by atoms with Crippen molar-refractivity contribution in [3.05, 3.63) is 48.2 Å². The molecule has 0 amide bonds. The molecule has 0 saturated carbocycles. The first-order valence-corrected chi connectivity index (χ1v) is 9.99. The molecule has 0 N–H and O–H groups in total. The molecule has 0 bridgehead atoms. The molecule has 6 heteroatoms. The molecule has 0 spiro atoms. The molecule has 2 aromatic rings. The van der Waals surface area contributed by atoms with Gasteiger partial charge >= 0.3 is 0 Å². The Hall–Kier alpha value is -2.21. The van der Waals surface area contributed by atoms with Crippen molar-refractivity contribution < 1.29 is 13.9 Å². The summed E-state index contributed by atoms with van der Waals surface area (Å²) in [5, 5.41) is 0. The molecule has 0 radical (unpaired) electrons. The largest absolute Gasteiger partial charge is 0.490 e. The molecule has 3 rings (SSSR count). The lowest BCUT2D eigenvalue weighted by Gasteiger charge is -2.32. The van der Waals surface area contributed by atoms with Gasteiger partial charge in [0.05, 0.1) is 18.5 Å². The molecule has 2 heterocycles. The molecule has 1 aliphatic rings. The van der Waals surface area contributed by atoms with Crippen LogP contribution in [0.1, 0.15) is 39.3 Å². The van der Waals surface area contributed by atoms with Gasteiger partial charge in [-0.3, -0.25) is 4.98 Å². The van der Waals surface area contributed by atoms with E-state index in [-0.39, 0.29) is 11.4 Å². The van der Waals surface area contributed by atoms with Gasteiger partial charge in [-0.15, -0.1) is 0 Å². The van der Waals surface area contributed by atoms with E-state index >= 15 is 0 Å². The van der Waals surface area contributed by atoms with Crippen molar-refractivity contribution in [3.63, 3.8) is 0 Å². The molecule has 1 aromatic carbocycles. The predicted molar refractivity (Wildman–Crippen MR) is 107 cm³/mol. The van der Waals surface area contributed by atoms with Gasteiger partial charge in [-0.25, -0.2) is 9.37 Å². The minimum absolute atomic E-state index is 0.286. The number of piperidine rings is 1. The van der Waals surface area contributed by atoms with E-state index < -0.39 is 0 Å². The van der Waals surface area contributed by atoms with Crippen molar-refractivity contribution in [1.29, 1.82) is 0 Å². The molecule has 152 valence electrons. The topological polar surface area (TPSA) is 47.5 Å². The zero-order valence-electron chi connectivity index (χ0n) is 17.0. The lowest BCUT2D eigenvalue weighted by molar-refractivity contribution is 0.122. The van der Waals surface area contributed by atoms with Gasteiger partial charge in [0, 0.05) is 31.6 Å². The van der Waals surface area contributed by atoms with Gasteiger partial charge in [0.25, 0.3) is 0 Å². The zero-order valence-corrected chi connectivity index (χ0v) is 17.0. The summed E-state index contributed by atoms with van der Waals surface area (Å²) in [6, 6.07) is 6.58. The van der Waals surface area contributed by atoms with Crippen LogP contribution in [0.15, 0.2) is 36.7 Å². The van der Waals surface area contributed by atoms with Crippen molar-refractivity contribution >= 4 is 0 Å². The van der Waals surface area contributed by atoms with E-state index in [0.29, 0.717) is 24.2 Å². The van der Waals surface area contributed by atoms with E-state index in [1.165, 1.54) is 6.07 Å². The maximum absolute atomic E-state index is 13.7. The van der Waals surface area contributed by atoms with E-state index in [2.05, 4.69) is 14.9 Å². The minimum Gasteiger partial charge on any atom is -0.490 e. The van der Waals surface area contributed by atoms with Crippen molar-refractivity contribution in [1.82, 2.24) is 14.9 Å². The number of aromatic nitrogens is 2. The molecule has 28 heavy (non-hydrogen) atoms. The summed E-state index contributed by atoms with van der Waals surface area (Å²) >= 11 is 0. The fraction of sp³-hybridized carbons (Fsp3) is 0.545. The van der Waals surface area contributed by atoms with Gasteiger partial charge in [0.1, 0.15) is 5.60 Å². The molecule has 1 saturated heterocycles. The second-order valence-electron chi connectivity index (χ2n) is 8.36. The van der Waals surface area contributed by atoms with Crippen LogP contribution in [0.3, 0.4) is 0 Å². The maximum atomic E-state index is 13.7. The number of hydrogen-bond donors (Lipinski definition) is 0. The Labute approximate surface area is 166 Å². The van der Waals surface area contributed by atoms with Crippen LogP contribution in [0.5, 0.6) is 11.6 Å². The predicted octanol–water partition coefficient (Wildman–Crippen LogP) is 4.13. The van der Waals surface area contributed by atoms with E-state index in [9.17, 15) is 4.39 Å². The summed E-state index contributed by atoms with van der Waals surface area (Å²) in [4.78, 5) is 11.3. The third-order valence-electron chi connectivity index (χ3n) is 4.67. The number of likely N-dealkylation sites (tertiary alicyclic amines) is 1. The summed E-state index contributed by atoms with van der Waals surface area (Å²) in [6.07, 6.45) is 6.53. The van der Waals surface area contributed by atoms with Crippen molar-refractivity contribution in [2.75, 3.05) is 26.2 Å². The number of nitrogens with zero attached hydrogens (tertiary/aromatic N) is 3. The van der Waals surface area contributed by atoms with Crippen LogP contribution in [0.2, 0.25) is 0 Å². The van der Waals surface area contributed by atoms with E-state index in [0.717, 1.165) is 44.6 Å². The summed E-state index contributed by atoms with van der Waals surface area (Å²) in [5.74, 6) is 1.02. The SMILES string of the molecule is CC(C)(C)Oc1cncc(CCN2CCCC(COc3ccccc3F)C2)n1. The first-order chi connectivity index (χ1) is 13.4. The second-order valence-corrected chi connectivity index (χ2v) is 8.36. The third-order valence-corrected chi connectivity index (χ3v) is 4.67. The fourth-order valence-corrected chi connectivity index (χ4v) is 3.40. The molecule has 1 aromatic heterocycles. The van der Waals surface area contributed by atoms with Gasteiger partial charge in [-0.2, -0.15) is 0 Å². The van der Waals surface area contributed by atoms with Crippen LogP contribution in [-0.2, 0) is 6.42 Å². The molecule has 0 aliphatic carbocycles. The van der Waals surface area contributed by atoms with Crippen molar-refractivity contribution in [2.24, 2.45) is 5.92 Å². The monoisotopic (exact) mass is 387 g/mol. The first kappa shape index (κ1) is 20.5. The smallest absolute Gasteiger partial charge is 0.233 e. The summed E-state index contributed by atoms with van der Waals surface area (Å²) in [6.45, 7) is 9.49. The van der Waals surface area contributed by atoms with Gasteiger partial charge in [-0.05, 0) is 52.3 Å². The highest BCUT2D eigenvalue weighted by molar-refractivity contribution is 5.23. The Bertz CT molecular complexity index is 763. The Morgan fingerprint density at radius 3 is 2.82 bits per heavy atom. The summed E-state index contributed by atoms with van der Waals surface area (Å²) < 4.78 is 25.2. The maximum Gasteiger partial charge on any atom is 0.233 e. The van der Waals surface area contributed by atoms with Gasteiger partial charge in [0.2, 0.25) is 5.88 Å². The zero-order chi connectivity index (χ0) is 20.0. The lowest BCUT2D eigenvalue weighted by Crippen LogP contribution is -2.39. The third kappa shape index (κ3) is 6.44. The van der Waals surface area contributed by atoms with Crippen LogP contribution in [0, 0.1) is 11.7 Å².